The van der Waals surface area contributed by atoms with E-state index in [4.69, 9.17) is 9.47 Å². The number of para-hydroxylation sites is 1. The molecule has 7 heteroatoms. The minimum atomic E-state index is -0.361. The molecule has 0 aliphatic carbocycles. The summed E-state index contributed by atoms with van der Waals surface area (Å²) in [6.07, 6.45) is 0. The number of carbonyl (C=O) groups excluding carboxylic acids is 1. The van der Waals surface area contributed by atoms with Crippen LogP contribution in [0.2, 0.25) is 0 Å². The van der Waals surface area contributed by atoms with E-state index in [0.717, 1.165) is 14.7 Å². The molecule has 5 nitrogen and oxygen atoms in total. The number of hydrogen-bond acceptors (Lipinski definition) is 4. The molecule has 1 amide bonds. The molecule has 0 bridgehead atoms. The summed E-state index contributed by atoms with van der Waals surface area (Å²) in [5.41, 5.74) is 1.42. The van der Waals surface area contributed by atoms with E-state index in [-0.39, 0.29) is 5.91 Å². The summed E-state index contributed by atoms with van der Waals surface area (Å²) in [5.74, 6) is 0.697. The Morgan fingerprint density at radius 1 is 1.24 bits per heavy atom. The highest BCUT2D eigenvalue weighted by molar-refractivity contribution is 9.10. The van der Waals surface area contributed by atoms with Crippen molar-refractivity contribution in [1.82, 2.24) is 4.57 Å². The van der Waals surface area contributed by atoms with Gasteiger partial charge in [0.2, 0.25) is 0 Å². The van der Waals surface area contributed by atoms with E-state index >= 15 is 0 Å². The van der Waals surface area contributed by atoms with Crippen molar-refractivity contribution >= 4 is 43.4 Å². The maximum atomic E-state index is 12.8. The number of amides is 1. The van der Waals surface area contributed by atoms with Gasteiger partial charge in [-0.15, -0.1) is 0 Å². The number of ether oxygens (including phenoxy) is 2. The molecule has 0 radical (unpaired) electrons. The Morgan fingerprint density at radius 2 is 2.04 bits per heavy atom. The number of rotatable bonds is 4. The predicted molar refractivity (Wildman–Crippen MR) is 103 cm³/mol. The zero-order chi connectivity index (χ0) is 18.0. The van der Waals surface area contributed by atoms with E-state index in [0.29, 0.717) is 28.4 Å². The Hall–Kier alpha value is -2.12. The number of carbonyl (C=O) groups is 1. The van der Waals surface area contributed by atoms with Gasteiger partial charge in [-0.05, 0) is 53.2 Å². The first-order valence-electron chi connectivity index (χ1n) is 7.68. The van der Waals surface area contributed by atoms with Crippen LogP contribution in [0, 0.1) is 0 Å². The zero-order valence-electron chi connectivity index (χ0n) is 14.1. The maximum Gasteiger partial charge on any atom is 0.283 e. The Bertz CT molecular complexity index is 1010. The lowest BCUT2D eigenvalue weighted by atomic mass is 10.2. The Labute approximate surface area is 157 Å². The predicted octanol–water partition coefficient (Wildman–Crippen LogP) is 4.24. The molecular weight excluding hydrogens is 404 g/mol. The van der Waals surface area contributed by atoms with Gasteiger partial charge >= 0.3 is 0 Å². The van der Waals surface area contributed by atoms with Crippen molar-refractivity contribution in [2.45, 2.75) is 13.5 Å². The molecule has 130 valence electrons. The number of methoxy groups -OCH3 is 2. The Morgan fingerprint density at radius 3 is 2.72 bits per heavy atom. The summed E-state index contributed by atoms with van der Waals surface area (Å²) >= 11 is 5.06. The van der Waals surface area contributed by atoms with E-state index in [9.17, 15) is 4.79 Å². The monoisotopic (exact) mass is 420 g/mol. The van der Waals surface area contributed by atoms with Crippen LogP contribution in [-0.4, -0.2) is 24.7 Å². The van der Waals surface area contributed by atoms with Crippen LogP contribution in [0.1, 0.15) is 17.3 Å². The van der Waals surface area contributed by atoms with Gasteiger partial charge in [0, 0.05) is 11.0 Å². The molecule has 0 saturated heterocycles. The first-order chi connectivity index (χ1) is 12.1. The van der Waals surface area contributed by atoms with Crippen LogP contribution in [0.25, 0.3) is 10.2 Å². The summed E-state index contributed by atoms with van der Waals surface area (Å²) in [6, 6.07) is 11.1. The van der Waals surface area contributed by atoms with Gasteiger partial charge in [-0.25, -0.2) is 0 Å². The van der Waals surface area contributed by atoms with Crippen LogP contribution >= 0.6 is 27.3 Å². The molecule has 0 saturated carbocycles. The quantitative estimate of drug-likeness (QED) is 0.633. The number of aryl methyl sites for hydroxylation is 1. The van der Waals surface area contributed by atoms with Crippen LogP contribution in [-0.2, 0) is 6.54 Å². The van der Waals surface area contributed by atoms with Crippen LogP contribution in [0.15, 0.2) is 45.9 Å². The number of halogens is 1. The maximum absolute atomic E-state index is 12.8. The second-order valence-corrected chi connectivity index (χ2v) is 7.06. The molecule has 1 aromatic heterocycles. The van der Waals surface area contributed by atoms with Crippen molar-refractivity contribution in [3.63, 3.8) is 0 Å². The average molecular weight is 421 g/mol. The molecular formula is C18H17BrN2O3S. The summed E-state index contributed by atoms with van der Waals surface area (Å²) in [7, 11) is 3.09. The number of hydrogen-bond donors (Lipinski definition) is 0. The second kappa shape index (κ2) is 7.41. The van der Waals surface area contributed by atoms with Crippen LogP contribution < -0.4 is 14.3 Å². The first kappa shape index (κ1) is 17.7. The lowest BCUT2D eigenvalue weighted by Gasteiger charge is -2.07. The van der Waals surface area contributed by atoms with Gasteiger partial charge in [0.15, 0.2) is 4.80 Å². The first-order valence-corrected chi connectivity index (χ1v) is 9.29. The third kappa shape index (κ3) is 3.34. The van der Waals surface area contributed by atoms with Gasteiger partial charge in [0.1, 0.15) is 11.5 Å². The fourth-order valence-electron chi connectivity index (χ4n) is 2.59. The van der Waals surface area contributed by atoms with Crippen LogP contribution in [0.5, 0.6) is 11.5 Å². The van der Waals surface area contributed by atoms with Gasteiger partial charge in [0.25, 0.3) is 5.91 Å². The molecule has 3 aromatic rings. The van der Waals surface area contributed by atoms with Crippen LogP contribution in [0.3, 0.4) is 0 Å². The van der Waals surface area contributed by atoms with Crippen molar-refractivity contribution in [1.29, 1.82) is 0 Å². The third-order valence-corrected chi connectivity index (χ3v) is 5.49. The molecule has 3 rings (SSSR count). The summed E-state index contributed by atoms with van der Waals surface area (Å²) < 4.78 is 14.6. The number of thiazole rings is 1. The lowest BCUT2D eigenvalue weighted by Crippen LogP contribution is -2.16. The second-order valence-electron chi connectivity index (χ2n) is 5.20. The normalized spacial score (nSPS) is 11.8. The van der Waals surface area contributed by atoms with Crippen molar-refractivity contribution in [3.05, 3.63) is 51.2 Å². The molecule has 0 aliphatic heterocycles. The molecule has 0 atom stereocenters. The molecule has 0 N–H and O–H groups in total. The topological polar surface area (TPSA) is 52.8 Å². The third-order valence-electron chi connectivity index (χ3n) is 3.80. The molecule has 25 heavy (non-hydrogen) atoms. The van der Waals surface area contributed by atoms with Crippen molar-refractivity contribution in [2.75, 3.05) is 14.2 Å². The fourth-order valence-corrected chi connectivity index (χ4v) is 4.42. The zero-order valence-corrected chi connectivity index (χ0v) is 16.5. The van der Waals surface area contributed by atoms with E-state index in [1.165, 1.54) is 18.4 Å². The van der Waals surface area contributed by atoms with E-state index in [1.54, 1.807) is 25.3 Å². The van der Waals surface area contributed by atoms with E-state index < -0.39 is 0 Å². The van der Waals surface area contributed by atoms with Crippen molar-refractivity contribution in [3.8, 4) is 11.5 Å². The SMILES string of the molecule is CCn1c(=NC(=O)c2cc(OC)ccc2OC)sc2cccc(Br)c21. The molecule has 0 spiro atoms. The summed E-state index contributed by atoms with van der Waals surface area (Å²) in [6.45, 7) is 2.74. The smallest absolute Gasteiger partial charge is 0.283 e. The fraction of sp³-hybridized carbons (Fsp3) is 0.222. The highest BCUT2D eigenvalue weighted by Crippen LogP contribution is 2.27. The molecule has 0 aliphatic rings. The highest BCUT2D eigenvalue weighted by Gasteiger charge is 2.15. The number of benzene rings is 2. The molecule has 2 aromatic carbocycles. The minimum Gasteiger partial charge on any atom is -0.497 e. The lowest BCUT2D eigenvalue weighted by molar-refractivity contribution is 0.0994. The molecule has 0 unspecified atom stereocenters. The standard InChI is InChI=1S/C18H17BrN2O3S/c1-4-21-16-13(19)6-5-7-15(16)25-18(21)20-17(22)12-10-11(23-2)8-9-14(12)24-3/h5-10H,4H2,1-3H3. The van der Waals surface area contributed by atoms with Gasteiger partial charge in [-0.2, -0.15) is 4.99 Å². The minimum absolute atomic E-state index is 0.361. The Balaban J connectivity index is 2.17. The highest BCUT2D eigenvalue weighted by atomic mass is 79.9. The van der Waals surface area contributed by atoms with Crippen molar-refractivity contribution in [2.24, 2.45) is 4.99 Å². The largest absolute Gasteiger partial charge is 0.497 e. The van der Waals surface area contributed by atoms with Gasteiger partial charge in [0.05, 0.1) is 30.0 Å². The van der Waals surface area contributed by atoms with Crippen molar-refractivity contribution < 1.29 is 14.3 Å². The number of fused-ring (bicyclic) bond motifs is 1. The molecule has 0 fully saturated rings. The van der Waals surface area contributed by atoms with E-state index in [1.807, 2.05) is 29.7 Å². The Kier molecular flexibility index (Phi) is 5.24. The average Bonchev–Trinajstić information content (AvgIpc) is 2.99. The van der Waals surface area contributed by atoms with Gasteiger partial charge in [-0.3, -0.25) is 4.79 Å². The number of aromatic nitrogens is 1. The van der Waals surface area contributed by atoms with Gasteiger partial charge in [-0.1, -0.05) is 17.4 Å². The number of nitrogens with zero attached hydrogens (tertiary/aromatic N) is 2. The molecule has 1 heterocycles. The van der Waals surface area contributed by atoms with Gasteiger partial charge < -0.3 is 14.0 Å². The van der Waals surface area contributed by atoms with E-state index in [2.05, 4.69) is 20.9 Å². The summed E-state index contributed by atoms with van der Waals surface area (Å²) in [5, 5.41) is 0. The van der Waals surface area contributed by atoms with Crippen LogP contribution in [0.4, 0.5) is 0 Å². The summed E-state index contributed by atoms with van der Waals surface area (Å²) in [4.78, 5) is 17.8.